The van der Waals surface area contributed by atoms with Gasteiger partial charge in [0.15, 0.2) is 11.6 Å². The van der Waals surface area contributed by atoms with Gasteiger partial charge in [0.1, 0.15) is 17.6 Å². The molecule has 0 bridgehead atoms. The fourth-order valence-corrected chi connectivity index (χ4v) is 4.42. The van der Waals surface area contributed by atoms with Gasteiger partial charge in [-0.15, -0.1) is 5.10 Å². The molecular formula is C24H23FN4O2. The molecule has 1 atom stereocenters. The average Bonchev–Trinajstić information content (AvgIpc) is 3.16. The molecule has 2 heterocycles. The van der Waals surface area contributed by atoms with Crippen LogP contribution in [0.15, 0.2) is 59.8 Å². The molecule has 1 aromatic heterocycles. The van der Waals surface area contributed by atoms with E-state index in [1.807, 2.05) is 24.3 Å². The summed E-state index contributed by atoms with van der Waals surface area (Å²) in [5.41, 5.74) is 3.06. The van der Waals surface area contributed by atoms with E-state index in [9.17, 15) is 9.18 Å². The molecule has 1 aliphatic heterocycles. The molecule has 0 saturated heterocycles. The fourth-order valence-electron chi connectivity index (χ4n) is 4.42. The average molecular weight is 418 g/mol. The van der Waals surface area contributed by atoms with Gasteiger partial charge in [0.2, 0.25) is 5.95 Å². The lowest BCUT2D eigenvalue weighted by Gasteiger charge is -2.38. The first-order chi connectivity index (χ1) is 14.8. The van der Waals surface area contributed by atoms with Crippen molar-refractivity contribution in [3.63, 3.8) is 0 Å². The van der Waals surface area contributed by atoms with Gasteiger partial charge in [-0.1, -0.05) is 26.0 Å². The highest BCUT2D eigenvalue weighted by atomic mass is 19.1. The van der Waals surface area contributed by atoms with Gasteiger partial charge in [0, 0.05) is 23.3 Å². The maximum absolute atomic E-state index is 13.6. The second-order valence-electron chi connectivity index (χ2n) is 8.84. The van der Waals surface area contributed by atoms with Crippen molar-refractivity contribution in [1.82, 2.24) is 14.8 Å². The van der Waals surface area contributed by atoms with E-state index < -0.39 is 6.04 Å². The van der Waals surface area contributed by atoms with Crippen molar-refractivity contribution in [1.29, 1.82) is 0 Å². The van der Waals surface area contributed by atoms with Gasteiger partial charge in [-0.3, -0.25) is 4.79 Å². The zero-order valence-corrected chi connectivity index (χ0v) is 17.6. The monoisotopic (exact) mass is 418 g/mol. The van der Waals surface area contributed by atoms with Crippen LogP contribution >= 0.6 is 0 Å². The van der Waals surface area contributed by atoms with Crippen molar-refractivity contribution in [2.75, 3.05) is 12.4 Å². The second-order valence-corrected chi connectivity index (χ2v) is 8.84. The molecule has 0 spiro atoms. The van der Waals surface area contributed by atoms with E-state index in [0.29, 0.717) is 23.8 Å². The van der Waals surface area contributed by atoms with Crippen LogP contribution in [0.4, 0.5) is 10.3 Å². The number of ketones is 1. The molecule has 1 N–H and O–H groups in total. The normalized spacial score (nSPS) is 19.5. The van der Waals surface area contributed by atoms with Crippen LogP contribution in [-0.2, 0) is 4.79 Å². The Balaban J connectivity index is 1.64. The molecular weight excluding hydrogens is 395 g/mol. The highest BCUT2D eigenvalue weighted by Crippen LogP contribution is 2.45. The van der Waals surface area contributed by atoms with Crippen LogP contribution in [0.1, 0.15) is 38.3 Å². The molecule has 31 heavy (non-hydrogen) atoms. The summed E-state index contributed by atoms with van der Waals surface area (Å²) >= 11 is 0. The van der Waals surface area contributed by atoms with Crippen molar-refractivity contribution in [3.05, 3.63) is 71.2 Å². The number of Topliss-reactive ketones (excluding diaryl/α,β-unsaturated/α-hetero) is 1. The highest BCUT2D eigenvalue weighted by molar-refractivity contribution is 6.00. The number of carbonyl (C=O) groups excluding carboxylic acids is 1. The number of aromatic nitrogens is 3. The highest BCUT2D eigenvalue weighted by Gasteiger charge is 2.41. The van der Waals surface area contributed by atoms with Gasteiger partial charge in [-0.25, -0.2) is 9.07 Å². The Kier molecular flexibility index (Phi) is 4.43. The lowest BCUT2D eigenvalue weighted by atomic mass is 9.73. The Morgan fingerprint density at radius 1 is 1.10 bits per heavy atom. The molecule has 7 heteroatoms. The summed E-state index contributed by atoms with van der Waals surface area (Å²) in [5, 5.41) is 8.10. The van der Waals surface area contributed by atoms with Crippen molar-refractivity contribution in [2.24, 2.45) is 5.41 Å². The minimum atomic E-state index is -0.449. The maximum atomic E-state index is 13.6. The molecule has 5 rings (SSSR count). The van der Waals surface area contributed by atoms with Crippen molar-refractivity contribution in [2.45, 2.75) is 32.7 Å². The Morgan fingerprint density at radius 3 is 2.48 bits per heavy atom. The first-order valence-corrected chi connectivity index (χ1v) is 10.2. The molecule has 6 nitrogen and oxygen atoms in total. The van der Waals surface area contributed by atoms with Crippen LogP contribution in [0.25, 0.3) is 11.4 Å². The number of carbonyl (C=O) groups is 1. The predicted molar refractivity (Wildman–Crippen MR) is 115 cm³/mol. The van der Waals surface area contributed by atoms with E-state index in [0.717, 1.165) is 29.0 Å². The van der Waals surface area contributed by atoms with Crippen LogP contribution in [0.3, 0.4) is 0 Å². The van der Waals surface area contributed by atoms with Crippen LogP contribution in [-0.4, -0.2) is 27.7 Å². The number of rotatable bonds is 3. The molecule has 2 aromatic carbocycles. The van der Waals surface area contributed by atoms with Gasteiger partial charge in [-0.05, 0) is 53.8 Å². The number of ether oxygens (including phenoxy) is 1. The minimum Gasteiger partial charge on any atom is -0.497 e. The Labute approximate surface area is 179 Å². The third kappa shape index (κ3) is 3.40. The molecule has 0 amide bonds. The van der Waals surface area contributed by atoms with Crippen LogP contribution < -0.4 is 10.1 Å². The van der Waals surface area contributed by atoms with Crippen LogP contribution in [0, 0.1) is 11.2 Å². The van der Waals surface area contributed by atoms with Gasteiger partial charge < -0.3 is 10.1 Å². The lowest BCUT2D eigenvalue weighted by molar-refractivity contribution is -0.118. The SMILES string of the molecule is COc1ccc(-c2nc3n(n2)C(c2ccc(F)cc2)C2=C(CC(C)(C)CC2=O)N3)cc1. The summed E-state index contributed by atoms with van der Waals surface area (Å²) in [6, 6.07) is 13.3. The number of nitrogens with zero attached hydrogens (tertiary/aromatic N) is 3. The number of anilines is 1. The third-order valence-corrected chi connectivity index (χ3v) is 5.87. The predicted octanol–water partition coefficient (Wildman–Crippen LogP) is 4.75. The standard InChI is InChI=1S/C24H23FN4O2/c1-24(2)12-18-20(19(30)13-24)21(14-4-8-16(25)9-5-14)29-23(26-18)27-22(28-29)15-6-10-17(31-3)11-7-15/h4-11,21H,12-13H2,1-3H3,(H,26,27,28). The number of nitrogens with one attached hydrogen (secondary N) is 1. The quantitative estimate of drug-likeness (QED) is 0.665. The van der Waals surface area contributed by atoms with Crippen molar-refractivity contribution in [3.8, 4) is 17.1 Å². The summed E-state index contributed by atoms with van der Waals surface area (Å²) in [7, 11) is 1.62. The van der Waals surface area contributed by atoms with E-state index in [1.165, 1.54) is 12.1 Å². The number of fused-ring (bicyclic) bond motifs is 1. The Hall–Kier alpha value is -3.48. The molecule has 3 aromatic rings. The van der Waals surface area contributed by atoms with Gasteiger partial charge >= 0.3 is 0 Å². The van der Waals surface area contributed by atoms with E-state index in [1.54, 1.807) is 23.9 Å². The topological polar surface area (TPSA) is 69.0 Å². The van der Waals surface area contributed by atoms with Crippen LogP contribution in [0.5, 0.6) is 5.75 Å². The molecule has 1 unspecified atom stereocenters. The number of methoxy groups -OCH3 is 1. The van der Waals surface area contributed by atoms with Crippen LogP contribution in [0.2, 0.25) is 0 Å². The zero-order valence-electron chi connectivity index (χ0n) is 17.6. The zero-order chi connectivity index (χ0) is 21.8. The Bertz CT molecular complexity index is 1190. The third-order valence-electron chi connectivity index (χ3n) is 5.87. The second kappa shape index (κ2) is 7.04. The lowest BCUT2D eigenvalue weighted by Crippen LogP contribution is -2.36. The number of benzene rings is 2. The largest absolute Gasteiger partial charge is 0.497 e. The molecule has 0 saturated carbocycles. The number of hydrogen-bond acceptors (Lipinski definition) is 5. The molecule has 158 valence electrons. The summed E-state index contributed by atoms with van der Waals surface area (Å²) in [6.45, 7) is 4.18. The summed E-state index contributed by atoms with van der Waals surface area (Å²) in [5.74, 6) is 1.63. The summed E-state index contributed by atoms with van der Waals surface area (Å²) < 4.78 is 20.6. The van der Waals surface area contributed by atoms with Crippen molar-refractivity contribution >= 4 is 11.7 Å². The number of halogens is 1. The van der Waals surface area contributed by atoms with E-state index in [4.69, 9.17) is 14.8 Å². The first-order valence-electron chi connectivity index (χ1n) is 10.2. The fraction of sp³-hybridized carbons (Fsp3) is 0.292. The van der Waals surface area contributed by atoms with E-state index >= 15 is 0 Å². The smallest absolute Gasteiger partial charge is 0.226 e. The molecule has 0 radical (unpaired) electrons. The maximum Gasteiger partial charge on any atom is 0.226 e. The minimum absolute atomic E-state index is 0.0835. The van der Waals surface area contributed by atoms with Gasteiger partial charge in [0.05, 0.1) is 7.11 Å². The van der Waals surface area contributed by atoms with E-state index in [2.05, 4.69) is 19.2 Å². The summed E-state index contributed by atoms with van der Waals surface area (Å²) in [6.07, 6.45) is 1.19. The van der Waals surface area contributed by atoms with Gasteiger partial charge in [0.25, 0.3) is 0 Å². The van der Waals surface area contributed by atoms with Gasteiger partial charge in [-0.2, -0.15) is 4.98 Å². The van der Waals surface area contributed by atoms with Crippen molar-refractivity contribution < 1.29 is 13.9 Å². The molecule has 2 aliphatic rings. The van der Waals surface area contributed by atoms with E-state index in [-0.39, 0.29) is 17.0 Å². The summed E-state index contributed by atoms with van der Waals surface area (Å²) in [4.78, 5) is 17.9. The number of hydrogen-bond donors (Lipinski definition) is 1. The molecule has 0 fully saturated rings. The number of allylic oxidation sites excluding steroid dienone is 2. The first kappa shape index (κ1) is 19.5. The molecule has 1 aliphatic carbocycles. The Morgan fingerprint density at radius 2 is 1.81 bits per heavy atom.